The van der Waals surface area contributed by atoms with E-state index in [4.69, 9.17) is 5.53 Å². The van der Waals surface area contributed by atoms with Crippen LogP contribution in [0.4, 0.5) is 13.2 Å². The van der Waals surface area contributed by atoms with E-state index in [1.165, 1.54) is 0 Å². The number of carbonyl (C=O) groups excluding carboxylic acids is 1. The van der Waals surface area contributed by atoms with E-state index in [9.17, 15) is 26.4 Å². The van der Waals surface area contributed by atoms with E-state index in [2.05, 4.69) is 9.43 Å². The van der Waals surface area contributed by atoms with E-state index in [1.807, 2.05) is 0 Å². The Kier molecular flexibility index (Phi) is 7.23. The first kappa shape index (κ1) is 17.5. The zero-order chi connectivity index (χ0) is 14.9. The normalized spacial score (nSPS) is 11.7. The van der Waals surface area contributed by atoms with Crippen LogP contribution in [-0.2, 0) is 14.8 Å². The number of hydrogen-bond donors (Lipinski definition) is 1. The summed E-state index contributed by atoms with van der Waals surface area (Å²) in [5.74, 6) is -2.29. The quantitative estimate of drug-likeness (QED) is 0.319. The summed E-state index contributed by atoms with van der Waals surface area (Å²) in [6.45, 7) is -0.124. The monoisotopic (exact) mass is 302 g/mol. The van der Waals surface area contributed by atoms with Crippen molar-refractivity contribution in [3.8, 4) is 0 Å². The van der Waals surface area contributed by atoms with Crippen molar-refractivity contribution in [2.75, 3.05) is 12.3 Å². The van der Waals surface area contributed by atoms with Crippen molar-refractivity contribution >= 4 is 15.9 Å². The number of rotatable bonds is 8. The molecule has 0 aliphatic carbocycles. The summed E-state index contributed by atoms with van der Waals surface area (Å²) in [4.78, 5) is 12.6. The zero-order valence-corrected chi connectivity index (χ0v) is 10.7. The van der Waals surface area contributed by atoms with Crippen LogP contribution in [0.5, 0.6) is 0 Å². The summed E-state index contributed by atoms with van der Waals surface area (Å²) < 4.78 is 59.7. The van der Waals surface area contributed by atoms with Crippen LogP contribution < -0.4 is 5.32 Å². The summed E-state index contributed by atoms with van der Waals surface area (Å²) in [6, 6.07) is 0. The summed E-state index contributed by atoms with van der Waals surface area (Å²) >= 11 is 0. The lowest BCUT2D eigenvalue weighted by molar-refractivity contribution is -0.173. The highest BCUT2D eigenvalue weighted by atomic mass is 32.2. The van der Waals surface area contributed by atoms with Gasteiger partial charge in [-0.3, -0.25) is 4.79 Å². The molecule has 0 saturated heterocycles. The van der Waals surface area contributed by atoms with Crippen LogP contribution in [0, 0.1) is 0 Å². The Morgan fingerprint density at radius 3 is 2.32 bits per heavy atom. The predicted molar refractivity (Wildman–Crippen MR) is 60.5 cm³/mol. The van der Waals surface area contributed by atoms with Crippen molar-refractivity contribution < 1.29 is 26.4 Å². The Morgan fingerprint density at radius 2 is 1.79 bits per heavy atom. The maximum absolute atomic E-state index is 11.8. The summed E-state index contributed by atoms with van der Waals surface area (Å²) in [5.41, 5.74) is 7.94. The number of carbonyl (C=O) groups is 1. The number of sulfonamides is 1. The van der Waals surface area contributed by atoms with Crippen molar-refractivity contribution in [2.24, 2.45) is 4.52 Å². The largest absolute Gasteiger partial charge is 0.471 e. The average molecular weight is 302 g/mol. The lowest BCUT2D eigenvalue weighted by Gasteiger charge is -2.07. The van der Waals surface area contributed by atoms with Gasteiger partial charge in [-0.2, -0.15) is 13.2 Å². The first-order chi connectivity index (χ1) is 8.69. The molecule has 0 aliphatic heterocycles. The van der Waals surface area contributed by atoms with Crippen LogP contribution in [-0.4, -0.2) is 32.8 Å². The van der Waals surface area contributed by atoms with Gasteiger partial charge < -0.3 is 5.32 Å². The van der Waals surface area contributed by atoms with Gasteiger partial charge in [0.15, 0.2) is 0 Å². The van der Waals surface area contributed by atoms with Crippen LogP contribution in [0.15, 0.2) is 4.52 Å². The topological polar surface area (TPSA) is 112 Å². The molecule has 110 valence electrons. The van der Waals surface area contributed by atoms with Crippen LogP contribution in [0.25, 0.3) is 10.4 Å². The number of unbranched alkanes of at least 4 members (excludes halogenated alkanes) is 3. The van der Waals surface area contributed by atoms with Crippen LogP contribution in [0.3, 0.4) is 0 Å². The standard InChI is InChI=1S/C8H13F3N4O3S/c9-8(10,11)7(16)13-5-3-1-2-4-6-19(17,18)15-14-12/h1-6H2,(H,13,16). The first-order valence-electron chi connectivity index (χ1n) is 5.33. The van der Waals surface area contributed by atoms with Crippen molar-refractivity contribution in [1.29, 1.82) is 0 Å². The molecule has 0 aromatic heterocycles. The summed E-state index contributed by atoms with van der Waals surface area (Å²) in [6.07, 6.45) is -3.42. The molecule has 0 bridgehead atoms. The maximum Gasteiger partial charge on any atom is 0.471 e. The van der Waals surface area contributed by atoms with Gasteiger partial charge in [0.1, 0.15) is 0 Å². The van der Waals surface area contributed by atoms with Crippen molar-refractivity contribution in [2.45, 2.75) is 31.9 Å². The van der Waals surface area contributed by atoms with Gasteiger partial charge in [0.2, 0.25) is 10.0 Å². The third kappa shape index (κ3) is 9.14. The van der Waals surface area contributed by atoms with E-state index in [0.29, 0.717) is 19.3 Å². The summed E-state index contributed by atoms with van der Waals surface area (Å²) in [5, 5.41) is 1.70. The Labute approximate surface area is 107 Å². The fourth-order valence-electron chi connectivity index (χ4n) is 1.16. The van der Waals surface area contributed by atoms with E-state index in [-0.39, 0.29) is 18.7 Å². The zero-order valence-electron chi connectivity index (χ0n) is 9.85. The molecule has 0 saturated carbocycles. The summed E-state index contributed by atoms with van der Waals surface area (Å²) in [7, 11) is -3.77. The van der Waals surface area contributed by atoms with E-state index >= 15 is 0 Å². The highest BCUT2D eigenvalue weighted by molar-refractivity contribution is 7.89. The van der Waals surface area contributed by atoms with Gasteiger partial charge in [0, 0.05) is 16.0 Å². The molecule has 1 amide bonds. The second-order valence-corrected chi connectivity index (χ2v) is 5.36. The lowest BCUT2D eigenvalue weighted by Crippen LogP contribution is -2.37. The SMILES string of the molecule is [N-]=[N+]=NS(=O)(=O)CCCCCCNC(=O)C(F)(F)F. The minimum atomic E-state index is -4.89. The van der Waals surface area contributed by atoms with Crippen LogP contribution >= 0.6 is 0 Å². The number of hydrogen-bond acceptors (Lipinski definition) is 3. The molecule has 0 aliphatic rings. The third-order valence-electron chi connectivity index (χ3n) is 2.03. The van der Waals surface area contributed by atoms with Crippen LogP contribution in [0.2, 0.25) is 0 Å². The Bertz CT molecular complexity index is 443. The number of halogens is 3. The fourth-order valence-corrected chi connectivity index (χ4v) is 1.92. The molecule has 0 unspecified atom stereocenters. The van der Waals surface area contributed by atoms with Crippen LogP contribution in [0.1, 0.15) is 25.7 Å². The minimum Gasteiger partial charge on any atom is -0.348 e. The van der Waals surface area contributed by atoms with Gasteiger partial charge >= 0.3 is 12.1 Å². The van der Waals surface area contributed by atoms with E-state index in [1.54, 1.807) is 5.32 Å². The van der Waals surface area contributed by atoms with Gasteiger partial charge in [-0.25, -0.2) is 8.42 Å². The molecule has 0 aromatic carbocycles. The van der Waals surface area contributed by atoms with Gasteiger partial charge in [-0.05, 0) is 18.4 Å². The van der Waals surface area contributed by atoms with E-state index < -0.39 is 22.1 Å². The van der Waals surface area contributed by atoms with Crippen molar-refractivity contribution in [3.05, 3.63) is 10.4 Å². The number of azide groups is 1. The Hall–Kier alpha value is -1.48. The second kappa shape index (κ2) is 7.85. The maximum atomic E-state index is 11.8. The second-order valence-electron chi connectivity index (χ2n) is 3.63. The number of amides is 1. The number of nitrogens with one attached hydrogen (secondary N) is 1. The molecule has 1 N–H and O–H groups in total. The Balaban J connectivity index is 3.63. The first-order valence-corrected chi connectivity index (χ1v) is 6.94. The van der Waals surface area contributed by atoms with E-state index in [0.717, 1.165) is 0 Å². The molecule has 0 rings (SSSR count). The van der Waals surface area contributed by atoms with Gasteiger partial charge in [0.25, 0.3) is 0 Å². The molecule has 0 heterocycles. The smallest absolute Gasteiger partial charge is 0.348 e. The third-order valence-corrected chi connectivity index (χ3v) is 3.16. The Morgan fingerprint density at radius 1 is 1.21 bits per heavy atom. The molecule has 0 spiro atoms. The molecule has 19 heavy (non-hydrogen) atoms. The lowest BCUT2D eigenvalue weighted by atomic mass is 10.2. The average Bonchev–Trinajstić information content (AvgIpc) is 2.25. The molecule has 0 radical (unpaired) electrons. The van der Waals surface area contributed by atoms with Gasteiger partial charge in [0.05, 0.1) is 5.75 Å². The molecular weight excluding hydrogens is 289 g/mol. The van der Waals surface area contributed by atoms with Gasteiger partial charge in [-0.15, -0.1) is 0 Å². The molecular formula is C8H13F3N4O3S. The molecule has 0 fully saturated rings. The molecule has 11 heteroatoms. The highest BCUT2D eigenvalue weighted by Crippen LogP contribution is 2.14. The predicted octanol–water partition coefficient (Wildman–Crippen LogP) is 1.87. The fraction of sp³-hybridized carbons (Fsp3) is 0.875. The minimum absolute atomic E-state index is 0.124. The van der Waals surface area contributed by atoms with Crippen molar-refractivity contribution in [1.82, 2.24) is 5.32 Å². The number of alkyl halides is 3. The number of nitrogens with zero attached hydrogens (tertiary/aromatic N) is 3. The highest BCUT2D eigenvalue weighted by Gasteiger charge is 2.38. The molecule has 0 atom stereocenters. The molecule has 0 aromatic rings. The van der Waals surface area contributed by atoms with Gasteiger partial charge in [-0.1, -0.05) is 12.8 Å². The molecule has 7 nitrogen and oxygen atoms in total. The van der Waals surface area contributed by atoms with Crippen molar-refractivity contribution in [3.63, 3.8) is 0 Å².